The number of ether oxygens (including phenoxy) is 3. The van der Waals surface area contributed by atoms with Crippen molar-refractivity contribution in [3.63, 3.8) is 0 Å². The third kappa shape index (κ3) is 6.57. The lowest BCUT2D eigenvalue weighted by atomic mass is 10.2. The third-order valence-corrected chi connectivity index (χ3v) is 4.28. The molecule has 2 aromatic rings. The van der Waals surface area contributed by atoms with E-state index in [0.29, 0.717) is 24.6 Å². The Morgan fingerprint density at radius 1 is 1.07 bits per heavy atom. The maximum absolute atomic E-state index is 8.93. The van der Waals surface area contributed by atoms with Crippen molar-refractivity contribution in [1.82, 2.24) is 10.2 Å². The number of nitrogens with zero attached hydrogens (tertiary/aromatic N) is 2. The van der Waals surface area contributed by atoms with E-state index in [1.54, 1.807) is 14.2 Å². The monoisotopic (exact) mass is 401 g/mol. The van der Waals surface area contributed by atoms with E-state index in [0.717, 1.165) is 29.4 Å². The van der Waals surface area contributed by atoms with Crippen LogP contribution in [0.4, 0.5) is 0 Å². The Labute approximate surface area is 172 Å². The molecule has 0 unspecified atom stereocenters. The maximum Gasteiger partial charge on any atom is 0.194 e. The van der Waals surface area contributed by atoms with Gasteiger partial charge in [0.05, 0.1) is 27.4 Å². The quantitative estimate of drug-likeness (QED) is 0.471. The van der Waals surface area contributed by atoms with Crippen molar-refractivity contribution in [2.75, 3.05) is 41.0 Å². The molecule has 0 aliphatic carbocycles. The molecule has 29 heavy (non-hydrogen) atoms. The first-order valence-electron chi connectivity index (χ1n) is 9.64. The molecule has 0 bridgehead atoms. The fraction of sp³-hybridized carbons (Fsp3) is 0.409. The van der Waals surface area contributed by atoms with Crippen LogP contribution >= 0.6 is 0 Å². The van der Waals surface area contributed by atoms with Crippen molar-refractivity contribution >= 4 is 5.96 Å². The number of methoxy groups -OCH3 is 2. The minimum atomic E-state index is -0.0419. The van der Waals surface area contributed by atoms with Gasteiger partial charge in [0.25, 0.3) is 0 Å². The predicted octanol–water partition coefficient (Wildman–Crippen LogP) is 2.67. The maximum atomic E-state index is 8.93. The van der Waals surface area contributed by atoms with Gasteiger partial charge in [-0.2, -0.15) is 0 Å². The van der Waals surface area contributed by atoms with E-state index in [2.05, 4.69) is 16.3 Å². The summed E-state index contributed by atoms with van der Waals surface area (Å²) in [5, 5.41) is 12.3. The molecule has 0 saturated heterocycles. The second kappa shape index (κ2) is 11.8. The Morgan fingerprint density at radius 3 is 2.52 bits per heavy atom. The Morgan fingerprint density at radius 2 is 1.83 bits per heavy atom. The molecule has 0 radical (unpaired) electrons. The molecular formula is C22H31N3O4. The normalized spacial score (nSPS) is 11.1. The number of aliphatic hydroxyl groups excluding tert-OH is 1. The van der Waals surface area contributed by atoms with Gasteiger partial charge in [-0.15, -0.1) is 0 Å². The van der Waals surface area contributed by atoms with Crippen LogP contribution < -0.4 is 19.5 Å². The molecule has 0 spiro atoms. The smallest absolute Gasteiger partial charge is 0.194 e. The molecule has 0 amide bonds. The van der Waals surface area contributed by atoms with Crippen LogP contribution in [0.5, 0.6) is 17.2 Å². The van der Waals surface area contributed by atoms with Gasteiger partial charge in [0, 0.05) is 25.7 Å². The van der Waals surface area contributed by atoms with Crippen LogP contribution in [-0.2, 0) is 13.1 Å². The van der Waals surface area contributed by atoms with E-state index in [-0.39, 0.29) is 13.2 Å². The summed E-state index contributed by atoms with van der Waals surface area (Å²) in [6.45, 7) is 4.17. The topological polar surface area (TPSA) is 75.6 Å². The van der Waals surface area contributed by atoms with Crippen LogP contribution in [0.15, 0.2) is 47.5 Å². The van der Waals surface area contributed by atoms with Crippen LogP contribution in [-0.4, -0.2) is 57.0 Å². The second-order valence-electron chi connectivity index (χ2n) is 6.40. The molecule has 0 aromatic heterocycles. The van der Waals surface area contributed by atoms with Gasteiger partial charge in [0.1, 0.15) is 12.4 Å². The van der Waals surface area contributed by atoms with Crippen LogP contribution in [0.25, 0.3) is 0 Å². The molecule has 0 fully saturated rings. The average Bonchev–Trinajstić information content (AvgIpc) is 2.75. The Balaban J connectivity index is 2.13. The van der Waals surface area contributed by atoms with Crippen molar-refractivity contribution in [3.05, 3.63) is 53.6 Å². The highest BCUT2D eigenvalue weighted by Gasteiger charge is 2.11. The zero-order valence-electron chi connectivity index (χ0n) is 17.6. The van der Waals surface area contributed by atoms with E-state index in [1.165, 1.54) is 0 Å². The van der Waals surface area contributed by atoms with Gasteiger partial charge in [0.15, 0.2) is 17.5 Å². The summed E-state index contributed by atoms with van der Waals surface area (Å²) < 4.78 is 16.3. The molecule has 0 aliphatic heterocycles. The molecule has 0 aliphatic rings. The van der Waals surface area contributed by atoms with Gasteiger partial charge in [-0.25, -0.2) is 4.99 Å². The fourth-order valence-corrected chi connectivity index (χ4v) is 2.89. The first-order valence-corrected chi connectivity index (χ1v) is 9.64. The van der Waals surface area contributed by atoms with Crippen LogP contribution in [0.2, 0.25) is 0 Å². The summed E-state index contributed by atoms with van der Waals surface area (Å²) in [5.41, 5.74) is 2.09. The first-order chi connectivity index (χ1) is 14.1. The molecule has 7 heteroatoms. The largest absolute Gasteiger partial charge is 0.496 e. The molecule has 2 rings (SSSR count). The van der Waals surface area contributed by atoms with Gasteiger partial charge >= 0.3 is 0 Å². The number of para-hydroxylation sites is 1. The second-order valence-corrected chi connectivity index (χ2v) is 6.40. The summed E-state index contributed by atoms with van der Waals surface area (Å²) in [6, 6.07) is 13.7. The van der Waals surface area contributed by atoms with Crippen LogP contribution in [0.1, 0.15) is 18.1 Å². The number of aliphatic imine (C=N–C) groups is 1. The number of nitrogens with one attached hydrogen (secondary N) is 1. The average molecular weight is 402 g/mol. The lowest BCUT2D eigenvalue weighted by Crippen LogP contribution is -2.38. The Hall–Kier alpha value is -2.93. The number of hydrogen-bond donors (Lipinski definition) is 2. The predicted molar refractivity (Wildman–Crippen MR) is 115 cm³/mol. The molecular weight excluding hydrogens is 370 g/mol. The molecule has 158 valence electrons. The molecule has 7 nitrogen and oxygen atoms in total. The summed E-state index contributed by atoms with van der Waals surface area (Å²) in [7, 11) is 5.28. The SMILES string of the molecule is CCNC(=NCc1ccc(OCCO)c(OC)c1)N(C)Cc1ccccc1OC. The number of guanidine groups is 1. The van der Waals surface area contributed by atoms with E-state index in [1.807, 2.05) is 50.4 Å². The lowest BCUT2D eigenvalue weighted by Gasteiger charge is -2.23. The van der Waals surface area contributed by atoms with Gasteiger partial charge in [-0.3, -0.25) is 0 Å². The molecule has 2 aromatic carbocycles. The highest BCUT2D eigenvalue weighted by molar-refractivity contribution is 5.79. The Kier molecular flexibility index (Phi) is 9.11. The Bertz CT molecular complexity index is 795. The van der Waals surface area contributed by atoms with E-state index >= 15 is 0 Å². The number of benzene rings is 2. The molecule has 0 saturated carbocycles. The number of rotatable bonds is 10. The first kappa shape index (κ1) is 22.4. The third-order valence-electron chi connectivity index (χ3n) is 4.28. The zero-order chi connectivity index (χ0) is 21.1. The summed E-state index contributed by atoms with van der Waals surface area (Å²) in [4.78, 5) is 6.82. The van der Waals surface area contributed by atoms with Crippen molar-refractivity contribution < 1.29 is 19.3 Å². The van der Waals surface area contributed by atoms with Crippen molar-refractivity contribution in [2.45, 2.75) is 20.0 Å². The number of hydrogen-bond acceptors (Lipinski definition) is 5. The summed E-state index contributed by atoms with van der Waals surface area (Å²) in [5.74, 6) is 2.89. The zero-order valence-corrected chi connectivity index (χ0v) is 17.6. The van der Waals surface area contributed by atoms with E-state index < -0.39 is 0 Å². The van der Waals surface area contributed by atoms with Gasteiger partial charge in [0.2, 0.25) is 0 Å². The minimum absolute atomic E-state index is 0.0419. The highest BCUT2D eigenvalue weighted by atomic mass is 16.5. The van der Waals surface area contributed by atoms with Crippen LogP contribution in [0, 0.1) is 0 Å². The summed E-state index contributed by atoms with van der Waals surface area (Å²) in [6.07, 6.45) is 0. The summed E-state index contributed by atoms with van der Waals surface area (Å²) >= 11 is 0. The van der Waals surface area contributed by atoms with Crippen molar-refractivity contribution in [2.24, 2.45) is 4.99 Å². The van der Waals surface area contributed by atoms with Crippen molar-refractivity contribution in [1.29, 1.82) is 0 Å². The lowest BCUT2D eigenvalue weighted by molar-refractivity contribution is 0.196. The van der Waals surface area contributed by atoms with E-state index in [9.17, 15) is 0 Å². The fourth-order valence-electron chi connectivity index (χ4n) is 2.89. The van der Waals surface area contributed by atoms with Crippen molar-refractivity contribution in [3.8, 4) is 17.2 Å². The minimum Gasteiger partial charge on any atom is -0.496 e. The van der Waals surface area contributed by atoms with Crippen LogP contribution in [0.3, 0.4) is 0 Å². The number of aliphatic hydroxyl groups is 1. The molecule has 2 N–H and O–H groups in total. The van der Waals surface area contributed by atoms with Gasteiger partial charge < -0.3 is 29.5 Å². The van der Waals surface area contributed by atoms with Gasteiger partial charge in [-0.1, -0.05) is 24.3 Å². The standard InChI is InChI=1S/C22H31N3O4/c1-5-23-22(25(2)16-18-8-6-7-9-19(18)27-3)24-15-17-10-11-20(29-13-12-26)21(14-17)28-4/h6-11,14,26H,5,12-13,15-16H2,1-4H3,(H,23,24). The molecule has 0 atom stereocenters. The highest BCUT2D eigenvalue weighted by Crippen LogP contribution is 2.28. The van der Waals surface area contributed by atoms with Gasteiger partial charge in [-0.05, 0) is 30.7 Å². The molecule has 0 heterocycles. The van der Waals surface area contributed by atoms with E-state index in [4.69, 9.17) is 24.3 Å².